The highest BCUT2D eigenvalue weighted by Crippen LogP contribution is 2.14. The van der Waals surface area contributed by atoms with E-state index in [-0.39, 0.29) is 0 Å². The topological polar surface area (TPSA) is 18.5 Å². The molecule has 0 aromatic heterocycles. The summed E-state index contributed by atoms with van der Waals surface area (Å²) in [6, 6.07) is 1.37. The van der Waals surface area contributed by atoms with Gasteiger partial charge >= 0.3 is 0 Å². The minimum absolute atomic E-state index is 0.679. The molecule has 1 N–H and O–H groups in total. The zero-order chi connectivity index (χ0) is 10.6. The molecular formula is C11H25N3. The summed E-state index contributed by atoms with van der Waals surface area (Å²) in [6.07, 6.45) is 2.57. The van der Waals surface area contributed by atoms with Crippen LogP contribution in [-0.2, 0) is 0 Å². The lowest BCUT2D eigenvalue weighted by atomic mass is 9.99. The number of likely N-dealkylation sites (N-methyl/N-ethyl adjacent to an activating group) is 2. The molecule has 0 amide bonds. The van der Waals surface area contributed by atoms with E-state index in [0.717, 1.165) is 13.1 Å². The van der Waals surface area contributed by atoms with E-state index in [4.69, 9.17) is 0 Å². The van der Waals surface area contributed by atoms with Crippen molar-refractivity contribution in [2.45, 2.75) is 31.8 Å². The third-order valence-corrected chi connectivity index (χ3v) is 3.25. The highest BCUT2D eigenvalue weighted by Gasteiger charge is 2.27. The van der Waals surface area contributed by atoms with Gasteiger partial charge in [0.05, 0.1) is 0 Å². The summed E-state index contributed by atoms with van der Waals surface area (Å²) in [5.74, 6) is 0. The molecule has 84 valence electrons. The smallest absolute Gasteiger partial charge is 0.0373 e. The van der Waals surface area contributed by atoms with Crippen molar-refractivity contribution >= 4 is 0 Å². The standard InChI is InChI=1S/C11H25N3/c1-5-6-10(13(2)3)11-9-12-7-8-14(11)4/h10-12H,5-9H2,1-4H3. The Balaban J connectivity index is 2.55. The number of hydrogen-bond acceptors (Lipinski definition) is 3. The molecule has 1 rings (SSSR count). The van der Waals surface area contributed by atoms with Gasteiger partial charge in [0.15, 0.2) is 0 Å². The van der Waals surface area contributed by atoms with Crippen molar-refractivity contribution in [1.82, 2.24) is 15.1 Å². The van der Waals surface area contributed by atoms with Gasteiger partial charge in [-0.05, 0) is 27.6 Å². The molecule has 1 aliphatic rings. The molecule has 1 aliphatic heterocycles. The third kappa shape index (κ3) is 2.94. The summed E-state index contributed by atoms with van der Waals surface area (Å²) < 4.78 is 0. The Morgan fingerprint density at radius 3 is 2.71 bits per heavy atom. The molecular weight excluding hydrogens is 174 g/mol. The number of piperazine rings is 1. The molecule has 0 saturated carbocycles. The normalized spacial score (nSPS) is 26.8. The summed E-state index contributed by atoms with van der Waals surface area (Å²) in [6.45, 7) is 5.73. The fourth-order valence-corrected chi connectivity index (χ4v) is 2.35. The predicted molar refractivity (Wildman–Crippen MR) is 61.7 cm³/mol. The Morgan fingerprint density at radius 2 is 2.21 bits per heavy atom. The largest absolute Gasteiger partial charge is 0.314 e. The van der Waals surface area contributed by atoms with Crippen LogP contribution in [0.4, 0.5) is 0 Å². The second-order valence-corrected chi connectivity index (χ2v) is 4.57. The van der Waals surface area contributed by atoms with Crippen molar-refractivity contribution < 1.29 is 0 Å². The van der Waals surface area contributed by atoms with E-state index in [1.54, 1.807) is 0 Å². The highest BCUT2D eigenvalue weighted by molar-refractivity contribution is 4.87. The van der Waals surface area contributed by atoms with Gasteiger partial charge in [-0.2, -0.15) is 0 Å². The van der Waals surface area contributed by atoms with Crippen molar-refractivity contribution in [3.63, 3.8) is 0 Å². The van der Waals surface area contributed by atoms with Gasteiger partial charge in [-0.1, -0.05) is 13.3 Å². The van der Waals surface area contributed by atoms with Crippen LogP contribution in [-0.4, -0.2) is 62.7 Å². The highest BCUT2D eigenvalue weighted by atomic mass is 15.2. The van der Waals surface area contributed by atoms with E-state index < -0.39 is 0 Å². The van der Waals surface area contributed by atoms with Crippen LogP contribution in [0.2, 0.25) is 0 Å². The Bertz CT molecular complexity index is 157. The quantitative estimate of drug-likeness (QED) is 0.716. The van der Waals surface area contributed by atoms with Crippen molar-refractivity contribution in [3.05, 3.63) is 0 Å². The molecule has 2 atom stereocenters. The molecule has 1 heterocycles. The average Bonchev–Trinajstić information content (AvgIpc) is 2.15. The first-order chi connectivity index (χ1) is 6.66. The zero-order valence-electron chi connectivity index (χ0n) is 10.1. The molecule has 1 fully saturated rings. The maximum atomic E-state index is 3.49. The van der Waals surface area contributed by atoms with Crippen LogP contribution in [0.25, 0.3) is 0 Å². The molecule has 0 aromatic carbocycles. The number of hydrogen-bond donors (Lipinski definition) is 1. The van der Waals surface area contributed by atoms with E-state index >= 15 is 0 Å². The van der Waals surface area contributed by atoms with E-state index in [2.05, 4.69) is 43.2 Å². The Morgan fingerprint density at radius 1 is 1.50 bits per heavy atom. The molecule has 0 aromatic rings. The zero-order valence-corrected chi connectivity index (χ0v) is 10.1. The van der Waals surface area contributed by atoms with Gasteiger partial charge in [0.25, 0.3) is 0 Å². The maximum absolute atomic E-state index is 3.49. The molecule has 3 nitrogen and oxygen atoms in total. The lowest BCUT2D eigenvalue weighted by Gasteiger charge is -2.41. The van der Waals surface area contributed by atoms with Gasteiger partial charge in [-0.15, -0.1) is 0 Å². The van der Waals surface area contributed by atoms with E-state index in [9.17, 15) is 0 Å². The molecule has 3 heteroatoms. The van der Waals surface area contributed by atoms with E-state index in [1.807, 2.05) is 0 Å². The number of nitrogens with one attached hydrogen (secondary N) is 1. The van der Waals surface area contributed by atoms with Gasteiger partial charge in [0.2, 0.25) is 0 Å². The summed E-state index contributed by atoms with van der Waals surface area (Å²) >= 11 is 0. The number of nitrogens with zero attached hydrogens (tertiary/aromatic N) is 2. The van der Waals surface area contributed by atoms with Crippen molar-refractivity contribution in [2.75, 3.05) is 40.8 Å². The summed E-state index contributed by atoms with van der Waals surface area (Å²) in [5, 5.41) is 3.49. The maximum Gasteiger partial charge on any atom is 0.0373 e. The lowest BCUT2D eigenvalue weighted by molar-refractivity contribution is 0.101. The van der Waals surface area contributed by atoms with Gasteiger partial charge < -0.3 is 10.2 Å². The van der Waals surface area contributed by atoms with Crippen LogP contribution in [0.1, 0.15) is 19.8 Å². The molecule has 2 unspecified atom stereocenters. The fourth-order valence-electron chi connectivity index (χ4n) is 2.35. The monoisotopic (exact) mass is 199 g/mol. The van der Waals surface area contributed by atoms with Crippen LogP contribution in [0.5, 0.6) is 0 Å². The Labute approximate surface area is 88.5 Å². The minimum Gasteiger partial charge on any atom is -0.314 e. The number of rotatable bonds is 4. The first-order valence-electron chi connectivity index (χ1n) is 5.74. The first kappa shape index (κ1) is 12.0. The summed E-state index contributed by atoms with van der Waals surface area (Å²) in [5.41, 5.74) is 0. The fraction of sp³-hybridized carbons (Fsp3) is 1.00. The minimum atomic E-state index is 0.679. The van der Waals surface area contributed by atoms with Gasteiger partial charge in [-0.25, -0.2) is 0 Å². The molecule has 14 heavy (non-hydrogen) atoms. The van der Waals surface area contributed by atoms with Gasteiger partial charge in [-0.3, -0.25) is 4.90 Å². The molecule has 0 radical (unpaired) electrons. The molecule has 0 bridgehead atoms. The molecule has 1 saturated heterocycles. The lowest BCUT2D eigenvalue weighted by Crippen LogP contribution is -2.58. The molecule has 0 spiro atoms. The summed E-state index contributed by atoms with van der Waals surface area (Å²) in [4.78, 5) is 4.87. The second kappa shape index (κ2) is 5.69. The van der Waals surface area contributed by atoms with Crippen LogP contribution in [0.15, 0.2) is 0 Å². The van der Waals surface area contributed by atoms with Crippen molar-refractivity contribution in [1.29, 1.82) is 0 Å². The molecule has 0 aliphatic carbocycles. The van der Waals surface area contributed by atoms with Crippen LogP contribution >= 0.6 is 0 Å². The first-order valence-corrected chi connectivity index (χ1v) is 5.74. The van der Waals surface area contributed by atoms with E-state index in [1.165, 1.54) is 19.4 Å². The van der Waals surface area contributed by atoms with Gasteiger partial charge in [0, 0.05) is 31.7 Å². The Kier molecular flexibility index (Phi) is 4.85. The SMILES string of the molecule is CCCC(C1CNCCN1C)N(C)C. The summed E-state index contributed by atoms with van der Waals surface area (Å²) in [7, 11) is 6.64. The van der Waals surface area contributed by atoms with Crippen molar-refractivity contribution in [2.24, 2.45) is 0 Å². The van der Waals surface area contributed by atoms with Crippen LogP contribution < -0.4 is 5.32 Å². The van der Waals surface area contributed by atoms with Crippen LogP contribution in [0.3, 0.4) is 0 Å². The van der Waals surface area contributed by atoms with Gasteiger partial charge in [0.1, 0.15) is 0 Å². The van der Waals surface area contributed by atoms with Crippen LogP contribution in [0, 0.1) is 0 Å². The Hall–Kier alpha value is -0.120. The van der Waals surface area contributed by atoms with E-state index in [0.29, 0.717) is 12.1 Å². The average molecular weight is 199 g/mol. The third-order valence-electron chi connectivity index (χ3n) is 3.25. The van der Waals surface area contributed by atoms with Crippen molar-refractivity contribution in [3.8, 4) is 0 Å². The second-order valence-electron chi connectivity index (χ2n) is 4.57. The predicted octanol–water partition coefficient (Wildman–Crippen LogP) is 0.620.